The van der Waals surface area contributed by atoms with E-state index >= 15 is 0 Å². The average molecular weight is 339 g/mol. The van der Waals surface area contributed by atoms with Crippen LogP contribution in [-0.4, -0.2) is 10.2 Å². The van der Waals surface area contributed by atoms with Crippen molar-refractivity contribution in [2.45, 2.75) is 0 Å². The van der Waals surface area contributed by atoms with Crippen LogP contribution < -0.4 is 18.6 Å². The molecule has 1 aromatic heterocycles. The Morgan fingerprint density at radius 1 is 0.739 bits per heavy atom. The van der Waals surface area contributed by atoms with Gasteiger partial charge in [0.1, 0.15) is 11.5 Å². The molecule has 1 heterocycles. The molecule has 0 atom stereocenters. The van der Waals surface area contributed by atoms with Crippen LogP contribution in [0.5, 0.6) is 11.5 Å². The van der Waals surface area contributed by atoms with Gasteiger partial charge < -0.3 is 10.2 Å². The zero-order valence-corrected chi connectivity index (χ0v) is 12.3. The van der Waals surface area contributed by atoms with E-state index in [0.29, 0.717) is 11.3 Å². The molecule has 0 fully saturated rings. The summed E-state index contributed by atoms with van der Waals surface area (Å²) in [6, 6.07) is 15.6. The summed E-state index contributed by atoms with van der Waals surface area (Å²) in [6.07, 6.45) is 0. The van der Waals surface area contributed by atoms with Crippen LogP contribution in [0.25, 0.3) is 22.3 Å². The molecule has 0 bridgehead atoms. The summed E-state index contributed by atoms with van der Waals surface area (Å²) in [7, 11) is -4.94. The number of rotatable bonds is 1. The molecule has 23 heavy (non-hydrogen) atoms. The molecule has 0 saturated carbocycles. The van der Waals surface area contributed by atoms with Gasteiger partial charge in [-0.05, 0) is 42.5 Å². The smallest absolute Gasteiger partial charge is 0.364 e. The average Bonchev–Trinajstić information content (AvgIpc) is 2.45. The van der Waals surface area contributed by atoms with Crippen LogP contribution in [0.1, 0.15) is 0 Å². The van der Waals surface area contributed by atoms with Gasteiger partial charge in [0, 0.05) is 6.07 Å². The Hall–Kier alpha value is -2.42. The first-order chi connectivity index (χ1) is 10.7. The molecule has 0 radical (unpaired) electrons. The second kappa shape index (κ2) is 6.78. The fraction of sp³-hybridized carbons (Fsp3) is 0. The van der Waals surface area contributed by atoms with E-state index < -0.39 is 10.2 Å². The summed E-state index contributed by atoms with van der Waals surface area (Å²) < 4.78 is 39.7. The maximum Gasteiger partial charge on any atom is 0.364 e. The highest BCUT2D eigenvalue weighted by molar-refractivity contribution is 5.80. The SMILES string of the molecule is Oc1ccc(-c2ccc3ccc(O)cc3[o+]2)cc1.[O-][Cl+3]([O-])([O-])[O-]. The van der Waals surface area contributed by atoms with Gasteiger partial charge in [-0.1, -0.05) is 0 Å². The lowest BCUT2D eigenvalue weighted by Gasteiger charge is -2.17. The lowest BCUT2D eigenvalue weighted by Crippen LogP contribution is -2.68. The third-order valence-corrected chi connectivity index (χ3v) is 2.78. The summed E-state index contributed by atoms with van der Waals surface area (Å²) in [4.78, 5) is 0. The van der Waals surface area contributed by atoms with E-state index in [1.54, 1.807) is 42.5 Å². The topological polar surface area (TPSA) is 144 Å². The van der Waals surface area contributed by atoms with Gasteiger partial charge in [0.15, 0.2) is 0 Å². The van der Waals surface area contributed by atoms with E-state index in [2.05, 4.69) is 0 Å². The van der Waals surface area contributed by atoms with Crippen molar-refractivity contribution in [3.8, 4) is 22.8 Å². The zero-order chi connectivity index (χ0) is 17.0. The van der Waals surface area contributed by atoms with E-state index in [1.807, 2.05) is 12.1 Å². The zero-order valence-electron chi connectivity index (χ0n) is 11.5. The first-order valence-electron chi connectivity index (χ1n) is 6.19. The molecule has 0 aliphatic rings. The van der Waals surface area contributed by atoms with Crippen LogP contribution in [0.3, 0.4) is 0 Å². The quantitative estimate of drug-likeness (QED) is 0.543. The maximum atomic E-state index is 9.44. The molecule has 3 aromatic rings. The van der Waals surface area contributed by atoms with Crippen LogP contribution in [0, 0.1) is 10.2 Å². The number of phenols is 2. The van der Waals surface area contributed by atoms with Gasteiger partial charge in [-0.25, -0.2) is 23.1 Å². The fourth-order valence-corrected chi connectivity index (χ4v) is 1.85. The lowest BCUT2D eigenvalue weighted by molar-refractivity contribution is -2.00. The number of halogens is 1. The van der Waals surface area contributed by atoms with Gasteiger partial charge in [-0.2, -0.15) is 0 Å². The van der Waals surface area contributed by atoms with Gasteiger partial charge in [0.25, 0.3) is 0 Å². The molecular weight excluding hydrogens is 328 g/mol. The molecule has 0 unspecified atom stereocenters. The van der Waals surface area contributed by atoms with Crippen molar-refractivity contribution in [2.24, 2.45) is 0 Å². The number of phenolic OH excluding ortho intramolecular Hbond substituents is 2. The van der Waals surface area contributed by atoms with Gasteiger partial charge in [0.2, 0.25) is 0 Å². The van der Waals surface area contributed by atoms with Crippen LogP contribution in [-0.2, 0) is 0 Å². The Labute approximate surface area is 132 Å². The Balaban J connectivity index is 0.000000338. The highest BCUT2D eigenvalue weighted by Gasteiger charge is 2.14. The first-order valence-corrected chi connectivity index (χ1v) is 7.43. The van der Waals surface area contributed by atoms with E-state index in [0.717, 1.165) is 10.9 Å². The van der Waals surface area contributed by atoms with Crippen LogP contribution >= 0.6 is 0 Å². The Kier molecular flexibility index (Phi) is 4.99. The molecule has 2 N–H and O–H groups in total. The Morgan fingerprint density at radius 2 is 1.26 bits per heavy atom. The second-order valence-electron chi connectivity index (χ2n) is 4.45. The van der Waals surface area contributed by atoms with Crippen molar-refractivity contribution in [2.75, 3.05) is 0 Å². The number of aromatic hydroxyl groups is 2. The van der Waals surface area contributed by atoms with Crippen LogP contribution in [0.15, 0.2) is 59.0 Å². The van der Waals surface area contributed by atoms with Crippen molar-refractivity contribution in [1.82, 2.24) is 0 Å². The first kappa shape index (κ1) is 16.9. The lowest BCUT2D eigenvalue weighted by atomic mass is 10.1. The van der Waals surface area contributed by atoms with Crippen molar-refractivity contribution in [3.05, 3.63) is 54.6 Å². The second-order valence-corrected chi connectivity index (χ2v) is 5.20. The molecule has 0 aliphatic heterocycles. The number of hydrogen-bond donors (Lipinski definition) is 2. The summed E-state index contributed by atoms with van der Waals surface area (Å²) in [6.45, 7) is 0. The molecule has 120 valence electrons. The van der Waals surface area contributed by atoms with Gasteiger partial charge in [0.05, 0.1) is 17.0 Å². The van der Waals surface area contributed by atoms with Gasteiger partial charge in [-0.3, -0.25) is 0 Å². The normalized spacial score (nSPS) is 11.0. The largest absolute Gasteiger partial charge is 0.508 e. The summed E-state index contributed by atoms with van der Waals surface area (Å²) in [5.74, 6) is 1.08. The Morgan fingerprint density at radius 3 is 1.87 bits per heavy atom. The van der Waals surface area contributed by atoms with Crippen LogP contribution in [0.2, 0.25) is 0 Å². The molecule has 0 spiro atoms. The number of fused-ring (bicyclic) bond motifs is 1. The predicted octanol–water partition coefficient (Wildman–Crippen LogP) is -0.964. The third kappa shape index (κ3) is 5.37. The van der Waals surface area contributed by atoms with E-state index in [1.165, 1.54) is 0 Å². The molecule has 7 nitrogen and oxygen atoms in total. The minimum Gasteiger partial charge on any atom is -0.508 e. The minimum atomic E-state index is -4.94. The van der Waals surface area contributed by atoms with E-state index in [-0.39, 0.29) is 11.5 Å². The standard InChI is InChI=1S/C15H10O3.ClHO4/c16-12-5-1-10(2-6-12)14-8-4-11-3-7-13(17)9-15(11)18-14;2-1(3,4)5/h1-9H,(H-,16,17);(H,2,3,4,5). The maximum absolute atomic E-state index is 9.44. The van der Waals surface area contributed by atoms with Crippen LogP contribution in [0.4, 0.5) is 0 Å². The van der Waals surface area contributed by atoms with Crippen molar-refractivity contribution in [3.63, 3.8) is 0 Å². The fourth-order valence-electron chi connectivity index (χ4n) is 1.85. The van der Waals surface area contributed by atoms with Crippen molar-refractivity contribution in [1.29, 1.82) is 0 Å². The molecule has 0 amide bonds. The van der Waals surface area contributed by atoms with E-state index in [9.17, 15) is 10.2 Å². The van der Waals surface area contributed by atoms with Crippen molar-refractivity contribution < 1.29 is 43.5 Å². The molecule has 8 heteroatoms. The predicted molar refractivity (Wildman–Crippen MR) is 69.4 cm³/mol. The third-order valence-electron chi connectivity index (χ3n) is 2.78. The molecule has 0 aliphatic carbocycles. The summed E-state index contributed by atoms with van der Waals surface area (Å²) in [5.41, 5.74) is 1.50. The molecule has 2 aromatic carbocycles. The molecule has 3 rings (SSSR count). The summed E-state index contributed by atoms with van der Waals surface area (Å²) in [5, 5.41) is 19.6. The van der Waals surface area contributed by atoms with Gasteiger partial charge in [-0.15, -0.1) is 10.2 Å². The highest BCUT2D eigenvalue weighted by Crippen LogP contribution is 2.27. The molecular formula is C15H11ClO7. The minimum absolute atomic E-state index is 0.175. The highest BCUT2D eigenvalue weighted by atomic mass is 35.7. The van der Waals surface area contributed by atoms with Gasteiger partial charge >= 0.3 is 11.3 Å². The number of hydrogen-bond acceptors (Lipinski definition) is 6. The summed E-state index contributed by atoms with van der Waals surface area (Å²) >= 11 is 0. The van der Waals surface area contributed by atoms with Crippen molar-refractivity contribution >= 4 is 11.0 Å². The number of benzene rings is 2. The molecule has 0 saturated heterocycles. The monoisotopic (exact) mass is 338 g/mol. The van der Waals surface area contributed by atoms with E-state index in [4.69, 9.17) is 23.1 Å². The Bertz CT molecular complexity index is 791.